The van der Waals surface area contributed by atoms with Crippen molar-refractivity contribution in [3.8, 4) is 23.0 Å². The van der Waals surface area contributed by atoms with Gasteiger partial charge in [-0.05, 0) is 0 Å². The van der Waals surface area contributed by atoms with E-state index < -0.39 is 5.97 Å². The molecule has 0 saturated heterocycles. The third-order valence-corrected chi connectivity index (χ3v) is 2.40. The molecule has 0 saturated carbocycles. The van der Waals surface area contributed by atoms with Crippen molar-refractivity contribution in [1.82, 2.24) is 0 Å². The molecule has 100 valence electrons. The van der Waals surface area contributed by atoms with Crippen molar-refractivity contribution < 1.29 is 28.5 Å². The molecule has 0 unspecified atom stereocenters. The molecule has 1 aromatic rings. The summed E-state index contributed by atoms with van der Waals surface area (Å²) in [6.07, 6.45) is 0. The van der Waals surface area contributed by atoms with E-state index in [2.05, 4.69) is 0 Å². The Bertz CT molecular complexity index is 441. The molecule has 0 spiro atoms. The Morgan fingerprint density at radius 3 is 1.78 bits per heavy atom. The van der Waals surface area contributed by atoms with Gasteiger partial charge in [-0.15, -0.1) is 0 Å². The van der Waals surface area contributed by atoms with E-state index in [1.165, 1.54) is 41.6 Å². The second-order valence-corrected chi connectivity index (χ2v) is 3.21. The second-order valence-electron chi connectivity index (χ2n) is 3.21. The van der Waals surface area contributed by atoms with Crippen molar-refractivity contribution in [2.45, 2.75) is 0 Å². The molecule has 0 radical (unpaired) electrons. The Morgan fingerprint density at radius 2 is 1.39 bits per heavy atom. The smallest absolute Gasteiger partial charge is 0.345 e. The van der Waals surface area contributed by atoms with Crippen LogP contribution in [0.15, 0.2) is 6.07 Å². The lowest BCUT2D eigenvalue weighted by atomic mass is 10.1. The van der Waals surface area contributed by atoms with Gasteiger partial charge >= 0.3 is 5.97 Å². The molecule has 18 heavy (non-hydrogen) atoms. The monoisotopic (exact) mass is 256 g/mol. The summed E-state index contributed by atoms with van der Waals surface area (Å²) < 4.78 is 25.4. The summed E-state index contributed by atoms with van der Waals surface area (Å²) in [6, 6.07) is 1.54. The highest BCUT2D eigenvalue weighted by Crippen LogP contribution is 2.45. The van der Waals surface area contributed by atoms with Crippen LogP contribution in [0.1, 0.15) is 10.4 Å². The molecule has 6 heteroatoms. The van der Waals surface area contributed by atoms with Crippen LogP contribution in [0.5, 0.6) is 23.0 Å². The molecule has 0 aliphatic rings. The quantitative estimate of drug-likeness (QED) is 0.744. The number of benzene rings is 1. The van der Waals surface area contributed by atoms with Crippen LogP contribution in [0.25, 0.3) is 0 Å². The second kappa shape index (κ2) is 6.00. The fourth-order valence-corrected chi connectivity index (χ4v) is 1.59. The van der Waals surface area contributed by atoms with E-state index in [1.54, 1.807) is 0 Å². The van der Waals surface area contributed by atoms with Crippen LogP contribution in [-0.4, -0.2) is 41.5 Å². The average molecular weight is 256 g/mol. The first-order valence-electron chi connectivity index (χ1n) is 5.09. The molecular formula is C12H16O6. The van der Waals surface area contributed by atoms with E-state index >= 15 is 0 Å². The van der Waals surface area contributed by atoms with Crippen LogP contribution in [0.4, 0.5) is 0 Å². The zero-order valence-electron chi connectivity index (χ0n) is 11.0. The number of hydrogen-bond acceptors (Lipinski definition) is 6. The summed E-state index contributed by atoms with van der Waals surface area (Å²) in [4.78, 5) is 11.8. The summed E-state index contributed by atoms with van der Waals surface area (Å²) in [7, 11) is 7.07. The van der Waals surface area contributed by atoms with Crippen LogP contribution in [0.2, 0.25) is 0 Å². The maximum atomic E-state index is 11.8. The molecule has 1 aromatic carbocycles. The van der Waals surface area contributed by atoms with Gasteiger partial charge in [0.15, 0.2) is 11.5 Å². The topological polar surface area (TPSA) is 63.2 Å². The highest BCUT2D eigenvalue weighted by Gasteiger charge is 2.26. The lowest BCUT2D eigenvalue weighted by molar-refractivity contribution is 0.0592. The number of carbonyl (C=O) groups is 1. The Labute approximate surface area is 105 Å². The van der Waals surface area contributed by atoms with Crippen molar-refractivity contribution >= 4 is 5.97 Å². The SMILES string of the molecule is COC(=O)c1c(OC)cc(OC)c(OC)c1OC. The van der Waals surface area contributed by atoms with Crippen molar-refractivity contribution in [2.75, 3.05) is 35.5 Å². The predicted octanol–water partition coefficient (Wildman–Crippen LogP) is 1.51. The third-order valence-electron chi connectivity index (χ3n) is 2.40. The van der Waals surface area contributed by atoms with E-state index in [1.807, 2.05) is 0 Å². The van der Waals surface area contributed by atoms with E-state index in [-0.39, 0.29) is 17.1 Å². The van der Waals surface area contributed by atoms with Crippen molar-refractivity contribution in [3.63, 3.8) is 0 Å². The average Bonchev–Trinajstić information content (AvgIpc) is 2.43. The maximum absolute atomic E-state index is 11.8. The Morgan fingerprint density at radius 1 is 0.833 bits per heavy atom. The summed E-state index contributed by atoms with van der Waals surface area (Å²) in [5.74, 6) is 0.626. The molecule has 6 nitrogen and oxygen atoms in total. The molecular weight excluding hydrogens is 240 g/mol. The van der Waals surface area contributed by atoms with Gasteiger partial charge in [-0.25, -0.2) is 4.79 Å². The van der Waals surface area contributed by atoms with Gasteiger partial charge in [0.05, 0.1) is 35.5 Å². The van der Waals surface area contributed by atoms with Gasteiger partial charge in [0.25, 0.3) is 0 Å². The highest BCUT2D eigenvalue weighted by atomic mass is 16.5. The number of esters is 1. The fourth-order valence-electron chi connectivity index (χ4n) is 1.59. The molecule has 0 aliphatic carbocycles. The standard InChI is InChI=1S/C12H16O6/c1-14-7-6-8(15-2)10(16-3)11(17-4)9(7)12(13)18-5/h6H,1-5H3. The van der Waals surface area contributed by atoms with Crippen LogP contribution in [-0.2, 0) is 4.74 Å². The maximum Gasteiger partial charge on any atom is 0.345 e. The van der Waals surface area contributed by atoms with Crippen LogP contribution in [0, 0.1) is 0 Å². The zero-order chi connectivity index (χ0) is 13.7. The van der Waals surface area contributed by atoms with Gasteiger partial charge < -0.3 is 23.7 Å². The van der Waals surface area contributed by atoms with E-state index in [0.29, 0.717) is 11.5 Å². The van der Waals surface area contributed by atoms with Crippen LogP contribution < -0.4 is 18.9 Å². The van der Waals surface area contributed by atoms with Crippen molar-refractivity contribution in [2.24, 2.45) is 0 Å². The van der Waals surface area contributed by atoms with E-state index in [9.17, 15) is 4.79 Å². The fraction of sp³-hybridized carbons (Fsp3) is 0.417. The minimum absolute atomic E-state index is 0.153. The summed E-state index contributed by atoms with van der Waals surface area (Å²) >= 11 is 0. The number of methoxy groups -OCH3 is 5. The molecule has 0 atom stereocenters. The van der Waals surface area contributed by atoms with Gasteiger partial charge in [0.1, 0.15) is 11.3 Å². The van der Waals surface area contributed by atoms with Gasteiger partial charge in [-0.2, -0.15) is 0 Å². The van der Waals surface area contributed by atoms with Gasteiger partial charge in [-0.1, -0.05) is 0 Å². The molecule has 0 fully saturated rings. The predicted molar refractivity (Wildman–Crippen MR) is 64.0 cm³/mol. The number of carbonyl (C=O) groups excluding carboxylic acids is 1. The van der Waals surface area contributed by atoms with Crippen molar-refractivity contribution in [3.05, 3.63) is 11.6 Å². The zero-order valence-corrected chi connectivity index (χ0v) is 11.0. The molecule has 0 bridgehead atoms. The van der Waals surface area contributed by atoms with E-state index in [0.717, 1.165) is 0 Å². The number of hydrogen-bond donors (Lipinski definition) is 0. The summed E-state index contributed by atoms with van der Waals surface area (Å²) in [6.45, 7) is 0. The minimum atomic E-state index is -0.579. The van der Waals surface area contributed by atoms with Crippen LogP contribution in [0.3, 0.4) is 0 Å². The number of ether oxygens (including phenoxy) is 5. The van der Waals surface area contributed by atoms with Crippen LogP contribution >= 0.6 is 0 Å². The highest BCUT2D eigenvalue weighted by molar-refractivity contribution is 5.97. The largest absolute Gasteiger partial charge is 0.496 e. The summed E-state index contributed by atoms with van der Waals surface area (Å²) in [5.41, 5.74) is 0.153. The first-order valence-corrected chi connectivity index (χ1v) is 5.09. The lowest BCUT2D eigenvalue weighted by Gasteiger charge is -2.17. The van der Waals surface area contributed by atoms with Gasteiger partial charge in [0, 0.05) is 6.07 Å². The third kappa shape index (κ3) is 2.27. The summed E-state index contributed by atoms with van der Waals surface area (Å²) in [5, 5.41) is 0. The molecule has 0 N–H and O–H groups in total. The molecule has 0 aliphatic heterocycles. The molecule has 0 aromatic heterocycles. The Balaban J connectivity index is 3.60. The first-order chi connectivity index (χ1) is 8.64. The molecule has 1 rings (SSSR count). The Kier molecular flexibility index (Phi) is 4.65. The minimum Gasteiger partial charge on any atom is -0.496 e. The number of rotatable bonds is 5. The van der Waals surface area contributed by atoms with Crippen molar-refractivity contribution in [1.29, 1.82) is 0 Å². The molecule has 0 amide bonds. The Hall–Kier alpha value is -2.11. The lowest BCUT2D eigenvalue weighted by Crippen LogP contribution is -2.08. The van der Waals surface area contributed by atoms with E-state index in [4.69, 9.17) is 23.7 Å². The van der Waals surface area contributed by atoms with Gasteiger partial charge in [-0.3, -0.25) is 0 Å². The van der Waals surface area contributed by atoms with Gasteiger partial charge in [0.2, 0.25) is 5.75 Å². The normalized spacial score (nSPS) is 9.61. The molecule has 0 heterocycles. The first kappa shape index (κ1) is 14.0.